The van der Waals surface area contributed by atoms with E-state index in [2.05, 4.69) is 21.2 Å². The number of rotatable bonds is 5. The largest absolute Gasteiger partial charge is 0.493 e. The van der Waals surface area contributed by atoms with Gasteiger partial charge in [0.15, 0.2) is 23.1 Å². The Morgan fingerprint density at radius 1 is 0.971 bits per heavy atom. The first-order valence-electron chi connectivity index (χ1n) is 11.5. The van der Waals surface area contributed by atoms with Gasteiger partial charge in [-0.2, -0.15) is 0 Å². The molecule has 0 saturated carbocycles. The lowest BCUT2D eigenvalue weighted by Crippen LogP contribution is -2.36. The highest BCUT2D eigenvalue weighted by molar-refractivity contribution is 9.10. The van der Waals surface area contributed by atoms with E-state index in [1.165, 1.54) is 0 Å². The number of methoxy groups -OCH3 is 1. The molecule has 1 N–H and O–H groups in total. The lowest BCUT2D eigenvalue weighted by molar-refractivity contribution is -0.116. The molecule has 5 nitrogen and oxygen atoms in total. The summed E-state index contributed by atoms with van der Waals surface area (Å²) in [6, 6.07) is 11.5. The van der Waals surface area contributed by atoms with Crippen molar-refractivity contribution in [3.8, 4) is 11.5 Å². The second-order valence-electron chi connectivity index (χ2n) is 8.85. The molecule has 176 valence electrons. The van der Waals surface area contributed by atoms with Crippen LogP contribution >= 0.6 is 27.5 Å². The van der Waals surface area contributed by atoms with Crippen molar-refractivity contribution in [1.29, 1.82) is 0 Å². The molecule has 0 atom stereocenters. The molecule has 0 saturated heterocycles. The Bertz CT molecular complexity index is 1190. The van der Waals surface area contributed by atoms with Gasteiger partial charge in [0.05, 0.1) is 12.1 Å². The van der Waals surface area contributed by atoms with Crippen molar-refractivity contribution in [3.63, 3.8) is 0 Å². The monoisotopic (exact) mass is 541 g/mol. The molecular formula is C27H25BrClNO4. The third kappa shape index (κ3) is 4.29. The normalized spacial score (nSPS) is 18.4. The second kappa shape index (κ2) is 9.59. The van der Waals surface area contributed by atoms with Crippen LogP contribution in [0.2, 0.25) is 5.02 Å². The number of hydrogen-bond acceptors (Lipinski definition) is 5. The average Bonchev–Trinajstić information content (AvgIpc) is 2.83. The van der Waals surface area contributed by atoms with Crippen LogP contribution in [0.1, 0.15) is 55.6 Å². The van der Waals surface area contributed by atoms with Crippen LogP contribution in [0.3, 0.4) is 0 Å². The average molecular weight is 543 g/mol. The third-order valence-electron chi connectivity index (χ3n) is 6.67. The highest BCUT2D eigenvalue weighted by Gasteiger charge is 2.40. The molecular weight excluding hydrogens is 518 g/mol. The lowest BCUT2D eigenvalue weighted by Gasteiger charge is -2.37. The van der Waals surface area contributed by atoms with Crippen molar-refractivity contribution in [1.82, 2.24) is 5.32 Å². The molecule has 2 aliphatic carbocycles. The molecule has 0 radical (unpaired) electrons. The number of hydrogen-bond donors (Lipinski definition) is 1. The van der Waals surface area contributed by atoms with E-state index in [9.17, 15) is 9.59 Å². The van der Waals surface area contributed by atoms with Gasteiger partial charge in [-0.25, -0.2) is 0 Å². The predicted octanol–water partition coefficient (Wildman–Crippen LogP) is 6.39. The number of carbonyl (C=O) groups is 2. The van der Waals surface area contributed by atoms with Gasteiger partial charge in [-0.05, 0) is 61.1 Å². The zero-order chi connectivity index (χ0) is 23.8. The first kappa shape index (κ1) is 23.2. The Balaban J connectivity index is 1.55. The third-order valence-corrected chi connectivity index (χ3v) is 7.48. The number of carbonyl (C=O) groups excluding carboxylic acids is 2. The van der Waals surface area contributed by atoms with E-state index in [4.69, 9.17) is 21.1 Å². The Kier molecular flexibility index (Phi) is 6.54. The van der Waals surface area contributed by atoms with Gasteiger partial charge in [0, 0.05) is 45.8 Å². The smallest absolute Gasteiger partial charge is 0.180 e. The van der Waals surface area contributed by atoms with Gasteiger partial charge < -0.3 is 14.8 Å². The molecule has 2 aromatic carbocycles. The minimum atomic E-state index is -0.432. The van der Waals surface area contributed by atoms with E-state index in [1.807, 2.05) is 36.4 Å². The molecule has 7 heteroatoms. The molecule has 0 unspecified atom stereocenters. The molecule has 34 heavy (non-hydrogen) atoms. The van der Waals surface area contributed by atoms with Gasteiger partial charge in [0.1, 0.15) is 6.61 Å². The van der Waals surface area contributed by atoms with Crippen molar-refractivity contribution in [3.05, 3.63) is 79.6 Å². The standard InChI is InChI=1S/C27H25BrClNO4/c1-33-23-13-16(12-18(29)27(23)34-14-15-8-10-17(28)11-9-15)24-25-19(4-2-6-21(25)31)30-20-5-3-7-22(32)26(20)24/h8-13,24,30H,2-7,14H2,1H3. The second-order valence-corrected chi connectivity index (χ2v) is 10.2. The molecule has 0 fully saturated rings. The molecule has 3 aliphatic rings. The Morgan fingerprint density at radius 3 is 2.18 bits per heavy atom. The summed E-state index contributed by atoms with van der Waals surface area (Å²) >= 11 is 10.2. The summed E-state index contributed by atoms with van der Waals surface area (Å²) in [5.74, 6) is 0.675. The van der Waals surface area contributed by atoms with Crippen LogP contribution in [-0.2, 0) is 16.2 Å². The number of dihydropyridines is 1. The number of ether oxygens (including phenoxy) is 2. The number of ketones is 2. The van der Waals surface area contributed by atoms with Crippen molar-refractivity contribution >= 4 is 39.1 Å². The number of benzene rings is 2. The van der Waals surface area contributed by atoms with Crippen LogP contribution in [0, 0.1) is 0 Å². The minimum Gasteiger partial charge on any atom is -0.493 e. The SMILES string of the molecule is COc1cc(C2C3=C(CCCC3=O)NC3=C2C(=O)CCC3)cc(Cl)c1OCc1ccc(Br)cc1. The van der Waals surface area contributed by atoms with Gasteiger partial charge in [-0.15, -0.1) is 0 Å². The maximum absolute atomic E-state index is 13.1. The van der Waals surface area contributed by atoms with Crippen molar-refractivity contribution in [2.75, 3.05) is 7.11 Å². The molecule has 0 amide bonds. The topological polar surface area (TPSA) is 64.6 Å². The first-order valence-corrected chi connectivity index (χ1v) is 12.7. The van der Waals surface area contributed by atoms with E-state index >= 15 is 0 Å². The zero-order valence-electron chi connectivity index (χ0n) is 18.9. The van der Waals surface area contributed by atoms with Gasteiger partial charge in [-0.1, -0.05) is 39.7 Å². The van der Waals surface area contributed by atoms with Crippen molar-refractivity contribution < 1.29 is 19.1 Å². The summed E-state index contributed by atoms with van der Waals surface area (Å²) in [5.41, 5.74) is 5.06. The van der Waals surface area contributed by atoms with E-state index in [1.54, 1.807) is 7.11 Å². The fourth-order valence-electron chi connectivity index (χ4n) is 5.10. The summed E-state index contributed by atoms with van der Waals surface area (Å²) in [6.45, 7) is 0.331. The molecule has 0 aromatic heterocycles. The number of allylic oxidation sites excluding steroid dienone is 4. The molecule has 1 heterocycles. The van der Waals surface area contributed by atoms with Crippen LogP contribution in [0.4, 0.5) is 0 Å². The number of halogens is 2. The minimum absolute atomic E-state index is 0.0920. The molecule has 5 rings (SSSR count). The maximum atomic E-state index is 13.1. The van der Waals surface area contributed by atoms with Gasteiger partial charge in [0.25, 0.3) is 0 Å². The first-order chi connectivity index (χ1) is 16.5. The Morgan fingerprint density at radius 2 is 1.59 bits per heavy atom. The molecule has 1 aliphatic heterocycles. The quantitative estimate of drug-likeness (QED) is 0.474. The van der Waals surface area contributed by atoms with Gasteiger partial charge in [-0.3, -0.25) is 9.59 Å². The number of nitrogens with one attached hydrogen (secondary N) is 1. The maximum Gasteiger partial charge on any atom is 0.180 e. The van der Waals surface area contributed by atoms with E-state index in [-0.39, 0.29) is 11.6 Å². The van der Waals surface area contributed by atoms with Crippen LogP contribution in [0.15, 0.2) is 63.4 Å². The predicted molar refractivity (Wildman–Crippen MR) is 134 cm³/mol. The van der Waals surface area contributed by atoms with Crippen LogP contribution < -0.4 is 14.8 Å². The molecule has 2 aromatic rings. The summed E-state index contributed by atoms with van der Waals surface area (Å²) in [6.07, 6.45) is 4.24. The highest BCUT2D eigenvalue weighted by Crippen LogP contribution is 2.48. The van der Waals surface area contributed by atoms with Crippen molar-refractivity contribution in [2.24, 2.45) is 0 Å². The highest BCUT2D eigenvalue weighted by atomic mass is 79.9. The number of Topliss-reactive ketones (excluding diaryl/α,β-unsaturated/α-hetero) is 2. The van der Waals surface area contributed by atoms with Gasteiger partial charge in [0.2, 0.25) is 0 Å². The Hall–Kier alpha value is -2.57. The zero-order valence-corrected chi connectivity index (χ0v) is 21.2. The van der Waals surface area contributed by atoms with Crippen LogP contribution in [-0.4, -0.2) is 18.7 Å². The summed E-state index contributed by atoms with van der Waals surface area (Å²) in [4.78, 5) is 26.1. The van der Waals surface area contributed by atoms with E-state index in [0.29, 0.717) is 47.1 Å². The fourth-order valence-corrected chi connectivity index (χ4v) is 5.64. The Labute approximate surface area is 212 Å². The molecule has 0 spiro atoms. The van der Waals surface area contributed by atoms with Gasteiger partial charge >= 0.3 is 0 Å². The van der Waals surface area contributed by atoms with E-state index in [0.717, 1.165) is 52.7 Å². The van der Waals surface area contributed by atoms with Crippen LogP contribution in [0.5, 0.6) is 11.5 Å². The summed E-state index contributed by atoms with van der Waals surface area (Å²) < 4.78 is 12.7. The fraction of sp³-hybridized carbons (Fsp3) is 0.333. The summed E-state index contributed by atoms with van der Waals surface area (Å²) in [7, 11) is 1.57. The van der Waals surface area contributed by atoms with Crippen LogP contribution in [0.25, 0.3) is 0 Å². The lowest BCUT2D eigenvalue weighted by atomic mass is 9.71. The summed E-state index contributed by atoms with van der Waals surface area (Å²) in [5, 5.41) is 3.83. The van der Waals surface area contributed by atoms with Crippen molar-refractivity contribution in [2.45, 2.75) is 51.0 Å². The van der Waals surface area contributed by atoms with E-state index < -0.39 is 5.92 Å². The molecule has 0 bridgehead atoms.